The molecule has 1 aliphatic rings. The number of aromatic nitrogens is 1. The van der Waals surface area contributed by atoms with E-state index < -0.39 is 53.5 Å². The number of β-amino-alcohol motifs (C(OH)–C–C–N with tert-alkyl or cyclic N) is 1. The van der Waals surface area contributed by atoms with Crippen molar-refractivity contribution in [2.24, 2.45) is 0 Å². The second-order valence-electron chi connectivity index (χ2n) is 6.37. The van der Waals surface area contributed by atoms with Crippen LogP contribution in [0.15, 0.2) is 29.1 Å². The van der Waals surface area contributed by atoms with Gasteiger partial charge in [0.2, 0.25) is 5.56 Å². The number of pyridine rings is 1. The summed E-state index contributed by atoms with van der Waals surface area (Å²) in [5.41, 5.74) is -2.36. The Hall–Kier alpha value is -2.27. The summed E-state index contributed by atoms with van der Waals surface area (Å²) in [6, 6.07) is 2.18. The van der Waals surface area contributed by atoms with Crippen molar-refractivity contribution in [3.63, 3.8) is 0 Å². The number of nitrogens with zero attached hydrogens (tertiary/aromatic N) is 1. The van der Waals surface area contributed by atoms with Crippen molar-refractivity contribution in [3.05, 3.63) is 40.2 Å². The molecule has 0 aliphatic carbocycles. The van der Waals surface area contributed by atoms with Crippen molar-refractivity contribution in [3.8, 4) is 0 Å². The highest BCUT2D eigenvalue weighted by molar-refractivity contribution is 5.86. The number of aliphatic hydroxyl groups is 2. The van der Waals surface area contributed by atoms with Crippen LogP contribution < -0.4 is 10.5 Å². The van der Waals surface area contributed by atoms with E-state index in [4.69, 9.17) is 0 Å². The van der Waals surface area contributed by atoms with Gasteiger partial charge in [0.25, 0.3) is 0 Å². The molecule has 1 fully saturated rings. The van der Waals surface area contributed by atoms with Crippen molar-refractivity contribution in [1.29, 1.82) is 0 Å². The van der Waals surface area contributed by atoms with Gasteiger partial charge in [-0.1, -0.05) is 0 Å². The Kier molecular flexibility index (Phi) is 4.63. The Bertz CT molecular complexity index is 908. The number of rotatable bonds is 2. The summed E-state index contributed by atoms with van der Waals surface area (Å²) in [5.74, 6) is 0. The quantitative estimate of drug-likeness (QED) is 0.682. The van der Waals surface area contributed by atoms with Crippen molar-refractivity contribution in [1.82, 2.24) is 4.98 Å². The molecule has 3 N–H and O–H groups in total. The van der Waals surface area contributed by atoms with Gasteiger partial charge in [-0.15, -0.1) is 0 Å². The van der Waals surface area contributed by atoms with E-state index in [1.807, 2.05) is 0 Å². The van der Waals surface area contributed by atoms with Gasteiger partial charge in [-0.05, 0) is 24.6 Å². The maximum Gasteiger partial charge on any atom is 0.417 e. The summed E-state index contributed by atoms with van der Waals surface area (Å²) in [7, 11) is 0. The van der Waals surface area contributed by atoms with E-state index in [2.05, 4.69) is 4.98 Å². The highest BCUT2D eigenvalue weighted by Crippen LogP contribution is 2.38. The summed E-state index contributed by atoms with van der Waals surface area (Å²) in [5, 5.41) is 18.9. The van der Waals surface area contributed by atoms with Gasteiger partial charge in [0, 0.05) is 29.2 Å². The first-order chi connectivity index (χ1) is 12.4. The molecule has 3 atom stereocenters. The normalized spacial score (nSPS) is 22.4. The van der Waals surface area contributed by atoms with Gasteiger partial charge in [-0.3, -0.25) is 4.79 Å². The zero-order valence-electron chi connectivity index (χ0n) is 13.5. The van der Waals surface area contributed by atoms with Crippen LogP contribution in [0, 0.1) is 0 Å². The minimum absolute atomic E-state index is 0.0371. The number of anilines is 1. The first kappa shape index (κ1) is 19.5. The van der Waals surface area contributed by atoms with E-state index in [0.717, 1.165) is 17.0 Å². The first-order valence-corrected chi connectivity index (χ1v) is 7.81. The topological polar surface area (TPSA) is 76.6 Å². The summed E-state index contributed by atoms with van der Waals surface area (Å²) in [4.78, 5) is 14.7. The van der Waals surface area contributed by atoms with Crippen molar-refractivity contribution < 1.29 is 36.6 Å². The van der Waals surface area contributed by atoms with Crippen LogP contribution in [0.3, 0.4) is 0 Å². The lowest BCUT2D eigenvalue weighted by atomic mass is 10.0. The van der Waals surface area contributed by atoms with Gasteiger partial charge in [0.15, 0.2) is 6.10 Å². The molecule has 1 aliphatic heterocycles. The number of aromatic amines is 1. The summed E-state index contributed by atoms with van der Waals surface area (Å²) < 4.78 is 78.4. The molecule has 0 saturated carbocycles. The molecule has 2 heterocycles. The monoisotopic (exact) mass is 396 g/mol. The first-order valence-electron chi connectivity index (χ1n) is 7.81. The predicted octanol–water partition coefficient (Wildman–Crippen LogP) is 2.41. The molecular formula is C16H14F6N2O3. The molecule has 0 radical (unpaired) electrons. The van der Waals surface area contributed by atoms with Gasteiger partial charge < -0.3 is 20.1 Å². The lowest BCUT2D eigenvalue weighted by Crippen LogP contribution is -2.47. The minimum atomic E-state index is -4.95. The molecule has 1 saturated heterocycles. The Balaban J connectivity index is 2.11. The number of halogens is 6. The Labute approximate surface area is 147 Å². The fourth-order valence-corrected chi connectivity index (χ4v) is 3.31. The van der Waals surface area contributed by atoms with E-state index in [9.17, 15) is 41.4 Å². The predicted molar refractivity (Wildman–Crippen MR) is 83.4 cm³/mol. The summed E-state index contributed by atoms with van der Waals surface area (Å²) >= 11 is 0. The Morgan fingerprint density at radius 1 is 1.15 bits per heavy atom. The second kappa shape index (κ2) is 6.41. The van der Waals surface area contributed by atoms with E-state index >= 15 is 0 Å². The maximum absolute atomic E-state index is 13.2. The zero-order valence-corrected chi connectivity index (χ0v) is 13.5. The molecule has 0 spiro atoms. The molecule has 148 valence electrons. The Morgan fingerprint density at radius 2 is 1.81 bits per heavy atom. The number of nitrogens with one attached hydrogen (secondary N) is 1. The zero-order chi connectivity index (χ0) is 20.1. The lowest BCUT2D eigenvalue weighted by molar-refractivity contribution is -0.209. The van der Waals surface area contributed by atoms with Gasteiger partial charge in [-0.25, -0.2) is 0 Å². The van der Waals surface area contributed by atoms with Crippen LogP contribution in [-0.2, 0) is 6.18 Å². The average molecular weight is 396 g/mol. The van der Waals surface area contributed by atoms with E-state index in [0.29, 0.717) is 6.07 Å². The largest absolute Gasteiger partial charge is 0.417 e. The third-order valence-electron chi connectivity index (χ3n) is 4.48. The van der Waals surface area contributed by atoms with E-state index in [-0.39, 0.29) is 17.7 Å². The SMILES string of the molecule is O=c1cc(C(F)(F)F)c2cc(N3C[C@H](O)C[C@@H]3C(O)C(F)(F)F)ccc2[nH]1. The van der Waals surface area contributed by atoms with E-state index in [1.54, 1.807) is 0 Å². The highest BCUT2D eigenvalue weighted by Gasteiger charge is 2.49. The molecule has 3 rings (SSSR count). The molecule has 0 amide bonds. The number of benzene rings is 1. The summed E-state index contributed by atoms with van der Waals surface area (Å²) in [6.45, 7) is -0.284. The van der Waals surface area contributed by atoms with Gasteiger partial charge in [0.1, 0.15) is 0 Å². The fraction of sp³-hybridized carbons (Fsp3) is 0.438. The van der Waals surface area contributed by atoms with Crippen LogP contribution in [-0.4, -0.2) is 46.2 Å². The van der Waals surface area contributed by atoms with E-state index in [1.165, 1.54) is 6.07 Å². The molecule has 1 unspecified atom stereocenters. The van der Waals surface area contributed by atoms with Crippen LogP contribution in [0.1, 0.15) is 12.0 Å². The smallest absolute Gasteiger partial charge is 0.391 e. The van der Waals surface area contributed by atoms with Crippen LogP contribution in [0.25, 0.3) is 10.9 Å². The molecule has 5 nitrogen and oxygen atoms in total. The standard InChI is InChI=1S/C16H14F6N2O3/c17-15(18,19)10-5-13(26)23-11-2-1-7(3-9(10)11)24-6-8(25)4-12(24)14(27)16(20,21)22/h1-3,5,8,12,14,25,27H,4,6H2,(H,23,26)/t8-,12-,14?/m1/s1. The van der Waals surface area contributed by atoms with Gasteiger partial charge >= 0.3 is 12.4 Å². The van der Waals surface area contributed by atoms with Crippen LogP contribution in [0.2, 0.25) is 0 Å². The summed E-state index contributed by atoms with van der Waals surface area (Å²) in [6.07, 6.45) is -14.1. The van der Waals surface area contributed by atoms with Crippen molar-refractivity contribution in [2.75, 3.05) is 11.4 Å². The van der Waals surface area contributed by atoms with Crippen molar-refractivity contribution >= 4 is 16.6 Å². The molecule has 1 aromatic carbocycles. The highest BCUT2D eigenvalue weighted by atomic mass is 19.4. The average Bonchev–Trinajstić information content (AvgIpc) is 2.92. The van der Waals surface area contributed by atoms with Crippen molar-refractivity contribution in [2.45, 2.75) is 37.0 Å². The molecule has 2 aromatic rings. The maximum atomic E-state index is 13.2. The molecule has 0 bridgehead atoms. The fourth-order valence-electron chi connectivity index (χ4n) is 3.31. The number of hydrogen-bond acceptors (Lipinski definition) is 4. The van der Waals surface area contributed by atoms with Crippen LogP contribution in [0.4, 0.5) is 32.0 Å². The van der Waals surface area contributed by atoms with Gasteiger partial charge in [0.05, 0.1) is 17.7 Å². The second-order valence-corrected chi connectivity index (χ2v) is 6.37. The molecule has 1 aromatic heterocycles. The molecular weight excluding hydrogens is 382 g/mol. The van der Waals surface area contributed by atoms with Crippen LogP contribution in [0.5, 0.6) is 0 Å². The molecule has 11 heteroatoms. The number of hydrogen-bond donors (Lipinski definition) is 3. The Morgan fingerprint density at radius 3 is 2.41 bits per heavy atom. The lowest BCUT2D eigenvalue weighted by Gasteiger charge is -2.31. The third-order valence-corrected chi connectivity index (χ3v) is 4.48. The van der Waals surface area contributed by atoms with Crippen LogP contribution >= 0.6 is 0 Å². The molecule has 27 heavy (non-hydrogen) atoms. The van der Waals surface area contributed by atoms with Gasteiger partial charge in [-0.2, -0.15) is 26.3 Å². The number of aliphatic hydroxyl groups excluding tert-OH is 2. The minimum Gasteiger partial charge on any atom is -0.391 e. The number of fused-ring (bicyclic) bond motifs is 1. The third kappa shape index (κ3) is 3.74. The number of alkyl halides is 6. The number of H-pyrrole nitrogens is 1.